The van der Waals surface area contributed by atoms with Gasteiger partial charge in [0.15, 0.2) is 5.78 Å². The number of anilines is 3. The number of piperazine rings is 1. The number of carbonyl (C=O) groups excluding carboxylic acids is 2. The molecule has 10 nitrogen and oxygen atoms in total. The Kier molecular flexibility index (Phi) is 7.75. The first-order chi connectivity index (χ1) is 16.1. The van der Waals surface area contributed by atoms with Gasteiger partial charge >= 0.3 is 5.69 Å². The zero-order valence-electron chi connectivity index (χ0n) is 19.8. The van der Waals surface area contributed by atoms with E-state index in [9.17, 15) is 23.6 Å². The number of Topliss-reactive ketones (excluding diaryl/α,β-unsaturated/α-hetero) is 1. The van der Waals surface area contributed by atoms with Crippen LogP contribution in [0.15, 0.2) is 27.8 Å². The predicted molar refractivity (Wildman–Crippen MR) is 129 cm³/mol. The maximum absolute atomic E-state index is 14.5. The van der Waals surface area contributed by atoms with Crippen LogP contribution in [0, 0.1) is 5.82 Å². The van der Waals surface area contributed by atoms with Crippen LogP contribution in [0.5, 0.6) is 0 Å². The number of unbranched alkanes of at least 4 members (excludes halogenated alkanes) is 1. The third-order valence-electron chi connectivity index (χ3n) is 6.03. The first kappa shape index (κ1) is 25.0. The smallest absolute Gasteiger partial charge is 0.330 e. The molecule has 11 heteroatoms. The third kappa shape index (κ3) is 5.29. The van der Waals surface area contributed by atoms with Crippen molar-refractivity contribution in [1.82, 2.24) is 14.5 Å². The van der Waals surface area contributed by atoms with Gasteiger partial charge in [-0.05, 0) is 31.5 Å². The van der Waals surface area contributed by atoms with Crippen molar-refractivity contribution in [3.63, 3.8) is 0 Å². The number of nitrogens with two attached hydrogens (primary N) is 1. The monoisotopic (exact) mass is 474 g/mol. The number of benzene rings is 1. The Hall–Kier alpha value is -3.63. The highest BCUT2D eigenvalue weighted by atomic mass is 19.1. The number of hydrogen-bond acceptors (Lipinski definition) is 7. The maximum Gasteiger partial charge on any atom is 0.330 e. The number of amides is 1. The van der Waals surface area contributed by atoms with Crippen LogP contribution in [0.4, 0.5) is 21.6 Å². The first-order valence-electron chi connectivity index (χ1n) is 11.3. The molecule has 0 atom stereocenters. The standard InChI is InChI=1S/C23H31FN6O4/c1-4-5-8-30-21(25)20(22(33)26-23(30)34)27(3)14-19(32)29-11-9-28(10-12-29)18-7-6-16(15(2)31)13-17(18)24/h6-7,13H,4-5,8-12,14,25H2,1-3H3,(H,26,33,34). The zero-order chi connectivity index (χ0) is 25.0. The Morgan fingerprint density at radius 1 is 1.18 bits per heavy atom. The number of halogens is 1. The molecule has 0 radical (unpaired) electrons. The largest absolute Gasteiger partial charge is 0.383 e. The summed E-state index contributed by atoms with van der Waals surface area (Å²) in [6, 6.07) is 4.40. The molecule has 1 saturated heterocycles. The molecule has 0 unspecified atom stereocenters. The van der Waals surface area contributed by atoms with E-state index in [1.54, 1.807) is 24.1 Å². The minimum atomic E-state index is -0.639. The second kappa shape index (κ2) is 10.5. The number of likely N-dealkylation sites (N-methyl/N-ethyl adjacent to an activating group) is 1. The van der Waals surface area contributed by atoms with Gasteiger partial charge in [-0.3, -0.25) is 23.9 Å². The van der Waals surface area contributed by atoms with Crippen molar-refractivity contribution >= 4 is 28.9 Å². The maximum atomic E-state index is 14.5. The van der Waals surface area contributed by atoms with Crippen molar-refractivity contribution in [3.8, 4) is 0 Å². The van der Waals surface area contributed by atoms with Gasteiger partial charge in [0.05, 0.1) is 12.2 Å². The number of nitrogen functional groups attached to an aromatic ring is 1. The van der Waals surface area contributed by atoms with Gasteiger partial charge in [0.2, 0.25) is 5.91 Å². The molecule has 0 bridgehead atoms. The molecule has 1 aromatic heterocycles. The fraction of sp³-hybridized carbons (Fsp3) is 0.478. The van der Waals surface area contributed by atoms with Gasteiger partial charge in [-0.1, -0.05) is 13.3 Å². The molecular formula is C23H31FN6O4. The molecule has 34 heavy (non-hydrogen) atoms. The molecule has 0 saturated carbocycles. The highest BCUT2D eigenvalue weighted by Gasteiger charge is 2.25. The summed E-state index contributed by atoms with van der Waals surface area (Å²) in [5, 5.41) is 0. The summed E-state index contributed by atoms with van der Waals surface area (Å²) in [7, 11) is 1.58. The van der Waals surface area contributed by atoms with Gasteiger partial charge in [0.1, 0.15) is 17.3 Å². The molecular weight excluding hydrogens is 443 g/mol. The van der Waals surface area contributed by atoms with Gasteiger partial charge in [0.25, 0.3) is 5.56 Å². The summed E-state index contributed by atoms with van der Waals surface area (Å²) < 4.78 is 15.8. The van der Waals surface area contributed by atoms with Crippen molar-refractivity contribution in [2.45, 2.75) is 33.2 Å². The Morgan fingerprint density at radius 2 is 1.85 bits per heavy atom. The fourth-order valence-electron chi connectivity index (χ4n) is 4.05. The Bertz CT molecular complexity index is 1180. The van der Waals surface area contributed by atoms with E-state index in [0.29, 0.717) is 44.0 Å². The van der Waals surface area contributed by atoms with E-state index in [2.05, 4.69) is 4.98 Å². The van der Waals surface area contributed by atoms with Gasteiger partial charge in [-0.15, -0.1) is 0 Å². The normalized spacial score (nSPS) is 13.8. The minimum Gasteiger partial charge on any atom is -0.383 e. The molecule has 3 N–H and O–H groups in total. The lowest BCUT2D eigenvalue weighted by Crippen LogP contribution is -2.51. The Morgan fingerprint density at radius 3 is 2.44 bits per heavy atom. The van der Waals surface area contributed by atoms with Crippen molar-refractivity contribution in [3.05, 3.63) is 50.4 Å². The van der Waals surface area contributed by atoms with E-state index in [1.807, 2.05) is 11.8 Å². The van der Waals surface area contributed by atoms with Gasteiger partial charge in [-0.2, -0.15) is 0 Å². The van der Waals surface area contributed by atoms with Crippen molar-refractivity contribution < 1.29 is 14.0 Å². The number of rotatable bonds is 8. The minimum absolute atomic E-state index is 0.0341. The highest BCUT2D eigenvalue weighted by Crippen LogP contribution is 2.23. The summed E-state index contributed by atoms with van der Waals surface area (Å²) in [5.74, 6) is -0.850. The molecule has 1 amide bonds. The summed E-state index contributed by atoms with van der Waals surface area (Å²) in [5.41, 5.74) is 5.69. The highest BCUT2D eigenvalue weighted by molar-refractivity contribution is 5.94. The number of aromatic nitrogens is 2. The van der Waals surface area contributed by atoms with E-state index < -0.39 is 17.1 Å². The first-order valence-corrected chi connectivity index (χ1v) is 11.3. The van der Waals surface area contributed by atoms with Crippen molar-refractivity contribution in [2.24, 2.45) is 0 Å². The fourth-order valence-corrected chi connectivity index (χ4v) is 4.05. The van der Waals surface area contributed by atoms with Crippen LogP contribution in [0.2, 0.25) is 0 Å². The zero-order valence-corrected chi connectivity index (χ0v) is 19.8. The van der Waals surface area contributed by atoms with Gasteiger partial charge < -0.3 is 20.4 Å². The number of hydrogen-bond donors (Lipinski definition) is 2. The van der Waals surface area contributed by atoms with E-state index >= 15 is 0 Å². The Labute approximate surface area is 196 Å². The number of nitrogens with zero attached hydrogens (tertiary/aromatic N) is 4. The van der Waals surface area contributed by atoms with E-state index in [1.165, 1.54) is 22.5 Å². The summed E-state index contributed by atoms with van der Waals surface area (Å²) in [6.45, 7) is 5.25. The molecule has 2 heterocycles. The number of carbonyl (C=O) groups is 2. The van der Waals surface area contributed by atoms with Crippen molar-refractivity contribution in [2.75, 3.05) is 55.3 Å². The van der Waals surface area contributed by atoms with E-state index in [4.69, 9.17) is 5.73 Å². The van der Waals surface area contributed by atoms with Crippen LogP contribution in [-0.4, -0.2) is 65.9 Å². The average Bonchev–Trinajstić information content (AvgIpc) is 2.78. The van der Waals surface area contributed by atoms with Crippen LogP contribution in [-0.2, 0) is 11.3 Å². The molecule has 1 aliphatic heterocycles. The lowest BCUT2D eigenvalue weighted by atomic mass is 10.1. The number of H-pyrrole nitrogens is 1. The third-order valence-corrected chi connectivity index (χ3v) is 6.03. The molecule has 184 valence electrons. The van der Waals surface area contributed by atoms with Crippen LogP contribution in [0.25, 0.3) is 0 Å². The predicted octanol–water partition coefficient (Wildman–Crippen LogP) is 1.05. The van der Waals surface area contributed by atoms with Gasteiger partial charge in [0, 0.05) is 45.3 Å². The molecule has 0 spiro atoms. The number of nitrogens with one attached hydrogen (secondary N) is 1. The summed E-state index contributed by atoms with van der Waals surface area (Å²) in [6.07, 6.45) is 1.58. The van der Waals surface area contributed by atoms with E-state index in [0.717, 1.165) is 12.8 Å². The van der Waals surface area contributed by atoms with Crippen LogP contribution in [0.3, 0.4) is 0 Å². The quantitative estimate of drug-likeness (QED) is 0.548. The van der Waals surface area contributed by atoms with Crippen LogP contribution in [0.1, 0.15) is 37.0 Å². The molecule has 0 aliphatic carbocycles. The molecule has 1 aliphatic rings. The van der Waals surface area contributed by atoms with Crippen LogP contribution < -0.4 is 26.8 Å². The topological polar surface area (TPSA) is 125 Å². The summed E-state index contributed by atoms with van der Waals surface area (Å²) >= 11 is 0. The number of ketones is 1. The molecule has 1 fully saturated rings. The summed E-state index contributed by atoms with van der Waals surface area (Å²) in [4.78, 5) is 56.1. The van der Waals surface area contributed by atoms with Gasteiger partial charge in [-0.25, -0.2) is 9.18 Å². The van der Waals surface area contributed by atoms with Crippen LogP contribution >= 0.6 is 0 Å². The number of aromatic amines is 1. The SMILES string of the molecule is CCCCn1c(N)c(N(C)CC(=O)N2CCN(c3ccc(C(C)=O)cc3F)CC2)c(=O)[nH]c1=O. The Balaban J connectivity index is 1.66. The van der Waals surface area contributed by atoms with Crippen molar-refractivity contribution in [1.29, 1.82) is 0 Å². The molecule has 2 aromatic rings. The lowest BCUT2D eigenvalue weighted by Gasteiger charge is -2.37. The second-order valence-corrected chi connectivity index (χ2v) is 8.44. The molecule has 3 rings (SSSR count). The second-order valence-electron chi connectivity index (χ2n) is 8.44. The average molecular weight is 475 g/mol. The molecule has 1 aromatic carbocycles. The van der Waals surface area contributed by atoms with E-state index in [-0.39, 0.29) is 29.7 Å². The lowest BCUT2D eigenvalue weighted by molar-refractivity contribution is -0.129.